The second-order valence-electron chi connectivity index (χ2n) is 7.16. The molecule has 2 aromatic carbocycles. The number of carbonyl (C=O) groups is 1. The summed E-state index contributed by atoms with van der Waals surface area (Å²) in [4.78, 5) is 14.7. The predicted octanol–water partition coefficient (Wildman–Crippen LogP) is 3.63. The molecule has 31 heavy (non-hydrogen) atoms. The fourth-order valence-corrected chi connectivity index (χ4v) is 5.72. The summed E-state index contributed by atoms with van der Waals surface area (Å²) in [5.41, 5.74) is 2.10. The van der Waals surface area contributed by atoms with Crippen molar-refractivity contribution in [2.24, 2.45) is 0 Å². The predicted molar refractivity (Wildman–Crippen MR) is 119 cm³/mol. The van der Waals surface area contributed by atoms with Crippen LogP contribution in [0.3, 0.4) is 0 Å². The number of aromatic nitrogens is 2. The molecule has 0 unspecified atom stereocenters. The summed E-state index contributed by atoms with van der Waals surface area (Å²) in [6.07, 6.45) is 1.56. The maximum atomic E-state index is 13.1. The number of hydrogen-bond donors (Lipinski definition) is 0. The third kappa shape index (κ3) is 4.21. The first-order valence-electron chi connectivity index (χ1n) is 9.63. The number of nitrogens with zero attached hydrogens (tertiary/aromatic N) is 4. The summed E-state index contributed by atoms with van der Waals surface area (Å²) in [5.74, 6) is -0.169. The van der Waals surface area contributed by atoms with Crippen molar-refractivity contribution in [3.63, 3.8) is 0 Å². The van der Waals surface area contributed by atoms with Gasteiger partial charge in [0.1, 0.15) is 4.90 Å². The van der Waals surface area contributed by atoms with E-state index < -0.39 is 10.0 Å². The zero-order chi connectivity index (χ0) is 22.2. The molecule has 7 nitrogen and oxygen atoms in total. The molecule has 162 valence electrons. The van der Waals surface area contributed by atoms with Crippen molar-refractivity contribution in [3.05, 3.63) is 76.0 Å². The van der Waals surface area contributed by atoms with E-state index in [1.54, 1.807) is 15.8 Å². The normalized spacial score (nSPS) is 15.3. The Kier molecular flexibility index (Phi) is 6.07. The van der Waals surface area contributed by atoms with Crippen LogP contribution >= 0.6 is 23.2 Å². The number of para-hydroxylation sites is 1. The molecule has 3 aromatic rings. The maximum absolute atomic E-state index is 13.1. The maximum Gasteiger partial charge on any atom is 0.257 e. The van der Waals surface area contributed by atoms with Crippen LogP contribution in [0.5, 0.6) is 0 Å². The van der Waals surface area contributed by atoms with Gasteiger partial charge in [-0.2, -0.15) is 9.40 Å². The van der Waals surface area contributed by atoms with Crippen molar-refractivity contribution in [2.75, 3.05) is 26.2 Å². The molecule has 10 heteroatoms. The van der Waals surface area contributed by atoms with Gasteiger partial charge in [0.2, 0.25) is 10.0 Å². The lowest BCUT2D eigenvalue weighted by Crippen LogP contribution is -2.50. The average molecular weight is 479 g/mol. The number of amides is 1. The summed E-state index contributed by atoms with van der Waals surface area (Å²) in [7, 11) is -3.81. The van der Waals surface area contributed by atoms with E-state index in [-0.39, 0.29) is 42.0 Å². The molecule has 0 radical (unpaired) electrons. The number of rotatable bonds is 4. The minimum atomic E-state index is -3.81. The van der Waals surface area contributed by atoms with E-state index >= 15 is 0 Å². The molecule has 0 spiro atoms. The number of sulfonamides is 1. The Morgan fingerprint density at radius 1 is 1.00 bits per heavy atom. The number of halogens is 2. The van der Waals surface area contributed by atoms with Gasteiger partial charge >= 0.3 is 0 Å². The fourth-order valence-electron chi connectivity index (χ4n) is 3.56. The van der Waals surface area contributed by atoms with Gasteiger partial charge in [-0.05, 0) is 37.3 Å². The Morgan fingerprint density at radius 3 is 2.35 bits per heavy atom. The lowest BCUT2D eigenvalue weighted by molar-refractivity contribution is 0.0697. The molecule has 0 atom stereocenters. The third-order valence-corrected chi connectivity index (χ3v) is 7.89. The molecule has 1 amide bonds. The molecule has 1 aromatic heterocycles. The van der Waals surface area contributed by atoms with Crippen LogP contribution in [-0.2, 0) is 10.0 Å². The van der Waals surface area contributed by atoms with Crippen molar-refractivity contribution in [1.82, 2.24) is 19.0 Å². The van der Waals surface area contributed by atoms with Crippen LogP contribution in [0.25, 0.3) is 5.69 Å². The summed E-state index contributed by atoms with van der Waals surface area (Å²) in [5, 5.41) is 4.76. The van der Waals surface area contributed by atoms with Gasteiger partial charge in [-0.25, -0.2) is 13.1 Å². The minimum absolute atomic E-state index is 0.0265. The summed E-state index contributed by atoms with van der Waals surface area (Å²) >= 11 is 12.0. The van der Waals surface area contributed by atoms with Gasteiger partial charge in [0.05, 0.1) is 28.2 Å². The first kappa shape index (κ1) is 21.8. The first-order valence-corrected chi connectivity index (χ1v) is 11.8. The fraction of sp³-hybridized carbons (Fsp3) is 0.238. The first-order chi connectivity index (χ1) is 14.8. The van der Waals surface area contributed by atoms with Crippen molar-refractivity contribution in [1.29, 1.82) is 0 Å². The summed E-state index contributed by atoms with van der Waals surface area (Å²) in [6.45, 7) is 2.72. The van der Waals surface area contributed by atoms with E-state index in [1.807, 2.05) is 37.3 Å². The smallest absolute Gasteiger partial charge is 0.257 e. The molecule has 0 aliphatic carbocycles. The molecule has 1 aliphatic rings. The van der Waals surface area contributed by atoms with Crippen LogP contribution in [-0.4, -0.2) is 59.5 Å². The number of piperazine rings is 1. The monoisotopic (exact) mass is 478 g/mol. The number of hydrogen-bond acceptors (Lipinski definition) is 4. The highest BCUT2D eigenvalue weighted by Gasteiger charge is 2.32. The van der Waals surface area contributed by atoms with Gasteiger partial charge in [0, 0.05) is 31.2 Å². The topological polar surface area (TPSA) is 75.5 Å². The quantitative estimate of drug-likeness (QED) is 0.573. The molecule has 2 heterocycles. The van der Waals surface area contributed by atoms with Crippen LogP contribution in [0.15, 0.2) is 59.6 Å². The van der Waals surface area contributed by atoms with Gasteiger partial charge in [0.25, 0.3) is 5.91 Å². The Bertz CT molecular complexity index is 1220. The van der Waals surface area contributed by atoms with E-state index in [9.17, 15) is 13.2 Å². The zero-order valence-corrected chi connectivity index (χ0v) is 19.0. The molecular formula is C21H20Cl2N4O3S. The molecule has 0 saturated carbocycles. The SMILES string of the molecule is Cc1c(C(=O)N2CCN(S(=O)(=O)c3cc(Cl)ccc3Cl)CC2)cnn1-c1ccccc1. The molecule has 0 N–H and O–H groups in total. The van der Waals surface area contributed by atoms with Crippen LogP contribution in [0, 0.1) is 6.92 Å². The van der Waals surface area contributed by atoms with Crippen molar-refractivity contribution in [2.45, 2.75) is 11.8 Å². The van der Waals surface area contributed by atoms with E-state index in [4.69, 9.17) is 23.2 Å². The van der Waals surface area contributed by atoms with Gasteiger partial charge in [-0.15, -0.1) is 0 Å². The largest absolute Gasteiger partial charge is 0.336 e. The molecule has 1 aliphatic heterocycles. The van der Waals surface area contributed by atoms with Crippen molar-refractivity contribution in [3.8, 4) is 5.69 Å². The molecule has 1 saturated heterocycles. The highest BCUT2D eigenvalue weighted by Crippen LogP contribution is 2.28. The van der Waals surface area contributed by atoms with Crippen molar-refractivity contribution >= 4 is 39.1 Å². The molecule has 4 rings (SSSR count). The van der Waals surface area contributed by atoms with Gasteiger partial charge in [-0.1, -0.05) is 41.4 Å². The lowest BCUT2D eigenvalue weighted by Gasteiger charge is -2.34. The Labute approximate surface area is 190 Å². The van der Waals surface area contributed by atoms with Gasteiger partial charge in [-0.3, -0.25) is 4.79 Å². The third-order valence-electron chi connectivity index (χ3n) is 5.28. The van der Waals surface area contributed by atoms with Gasteiger partial charge < -0.3 is 4.90 Å². The van der Waals surface area contributed by atoms with Crippen LogP contribution < -0.4 is 0 Å². The highest BCUT2D eigenvalue weighted by atomic mass is 35.5. The molecule has 0 bridgehead atoms. The zero-order valence-electron chi connectivity index (χ0n) is 16.7. The van der Waals surface area contributed by atoms with E-state index in [1.165, 1.54) is 22.5 Å². The second kappa shape index (κ2) is 8.63. The molecule has 1 fully saturated rings. The number of benzene rings is 2. The standard InChI is InChI=1S/C21H20Cl2N4O3S/c1-15-18(14-24-27(15)17-5-3-2-4-6-17)21(28)25-9-11-26(12-10-25)31(29,30)20-13-16(22)7-8-19(20)23/h2-8,13-14H,9-12H2,1H3. The van der Waals surface area contributed by atoms with E-state index in [0.717, 1.165) is 11.4 Å². The van der Waals surface area contributed by atoms with E-state index in [2.05, 4.69) is 5.10 Å². The second-order valence-corrected chi connectivity index (χ2v) is 9.91. The highest BCUT2D eigenvalue weighted by molar-refractivity contribution is 7.89. The summed E-state index contributed by atoms with van der Waals surface area (Å²) < 4.78 is 29.0. The van der Waals surface area contributed by atoms with Crippen molar-refractivity contribution < 1.29 is 13.2 Å². The number of carbonyl (C=O) groups excluding carboxylic acids is 1. The van der Waals surface area contributed by atoms with Gasteiger partial charge in [0.15, 0.2) is 0 Å². The summed E-state index contributed by atoms with van der Waals surface area (Å²) in [6, 6.07) is 13.9. The average Bonchev–Trinajstić information content (AvgIpc) is 3.16. The minimum Gasteiger partial charge on any atom is -0.336 e. The Morgan fingerprint density at radius 2 is 1.68 bits per heavy atom. The van der Waals surface area contributed by atoms with Crippen LogP contribution in [0.4, 0.5) is 0 Å². The molecular weight excluding hydrogens is 459 g/mol. The lowest BCUT2D eigenvalue weighted by atomic mass is 10.2. The van der Waals surface area contributed by atoms with Crippen LogP contribution in [0.2, 0.25) is 10.0 Å². The Balaban J connectivity index is 1.49. The Hall–Kier alpha value is -2.39. The van der Waals surface area contributed by atoms with Crippen LogP contribution in [0.1, 0.15) is 16.1 Å². The van der Waals surface area contributed by atoms with E-state index in [0.29, 0.717) is 10.6 Å².